The van der Waals surface area contributed by atoms with Gasteiger partial charge < -0.3 is 4.98 Å². The number of nitrogens with one attached hydrogen (secondary N) is 1. The average Bonchev–Trinajstić information content (AvgIpc) is 2.94. The minimum absolute atomic E-state index is 0.721. The molecule has 3 heteroatoms. The van der Waals surface area contributed by atoms with Crippen molar-refractivity contribution in [3.8, 4) is 22.4 Å². The minimum Gasteiger partial charge on any atom is -0.354 e. The van der Waals surface area contributed by atoms with Gasteiger partial charge in [-0.3, -0.25) is 0 Å². The molecule has 0 spiro atoms. The summed E-state index contributed by atoms with van der Waals surface area (Å²) < 4.78 is 0. The van der Waals surface area contributed by atoms with Gasteiger partial charge in [-0.15, -0.1) is 0 Å². The highest BCUT2D eigenvalue weighted by Crippen LogP contribution is 2.39. The van der Waals surface area contributed by atoms with E-state index in [9.17, 15) is 0 Å². The number of fused-ring (bicyclic) bond motifs is 1. The molecule has 0 saturated carbocycles. The third-order valence-electron chi connectivity index (χ3n) is 3.93. The number of aromatic nitrogens is 1. The molecule has 0 saturated heterocycles. The number of halogens is 2. The quantitative estimate of drug-likeness (QED) is 0.413. The Labute approximate surface area is 144 Å². The first kappa shape index (κ1) is 14.4. The number of hydrogen-bond acceptors (Lipinski definition) is 0. The molecule has 4 rings (SSSR count). The number of hydrogen-bond donors (Lipinski definition) is 1. The SMILES string of the molecule is Clc1cccc(-c2[nH]c3ccccc3c2-c2cccc(Cl)c2)c1. The maximum absolute atomic E-state index is 6.21. The number of benzene rings is 3. The zero-order valence-electron chi connectivity index (χ0n) is 12.2. The molecule has 1 heterocycles. The molecular weight excluding hydrogens is 325 g/mol. The summed E-state index contributed by atoms with van der Waals surface area (Å²) in [5.74, 6) is 0. The topological polar surface area (TPSA) is 15.8 Å². The van der Waals surface area contributed by atoms with Crippen molar-refractivity contribution in [2.24, 2.45) is 0 Å². The Morgan fingerprint density at radius 3 is 2.04 bits per heavy atom. The van der Waals surface area contributed by atoms with Crippen molar-refractivity contribution in [2.75, 3.05) is 0 Å². The summed E-state index contributed by atoms with van der Waals surface area (Å²) in [6.45, 7) is 0. The Balaban J connectivity index is 2.06. The number of H-pyrrole nitrogens is 1. The second kappa shape index (κ2) is 5.77. The molecule has 1 aromatic heterocycles. The number of para-hydroxylation sites is 1. The summed E-state index contributed by atoms with van der Waals surface area (Å²) >= 11 is 12.4. The van der Waals surface area contributed by atoms with Crippen molar-refractivity contribution >= 4 is 34.1 Å². The summed E-state index contributed by atoms with van der Waals surface area (Å²) in [7, 11) is 0. The molecule has 0 aliphatic carbocycles. The van der Waals surface area contributed by atoms with E-state index in [1.807, 2.05) is 48.5 Å². The molecule has 0 amide bonds. The first-order chi connectivity index (χ1) is 11.2. The maximum Gasteiger partial charge on any atom is 0.0545 e. The van der Waals surface area contributed by atoms with Crippen molar-refractivity contribution in [3.05, 3.63) is 82.8 Å². The van der Waals surface area contributed by atoms with Crippen LogP contribution in [0, 0.1) is 0 Å². The van der Waals surface area contributed by atoms with Crippen LogP contribution in [0.3, 0.4) is 0 Å². The van der Waals surface area contributed by atoms with Crippen LogP contribution in [0.1, 0.15) is 0 Å². The summed E-state index contributed by atoms with van der Waals surface area (Å²) in [6, 6.07) is 24.1. The first-order valence-corrected chi connectivity index (χ1v) is 8.10. The van der Waals surface area contributed by atoms with E-state index in [0.717, 1.165) is 37.9 Å². The van der Waals surface area contributed by atoms with E-state index in [4.69, 9.17) is 23.2 Å². The van der Waals surface area contributed by atoms with Gasteiger partial charge in [0.05, 0.1) is 5.69 Å². The molecule has 1 N–H and O–H groups in total. The van der Waals surface area contributed by atoms with Crippen LogP contribution in [0.2, 0.25) is 10.0 Å². The molecule has 0 atom stereocenters. The summed E-state index contributed by atoms with van der Waals surface area (Å²) in [6.07, 6.45) is 0. The van der Waals surface area contributed by atoms with E-state index < -0.39 is 0 Å². The van der Waals surface area contributed by atoms with E-state index in [2.05, 4.69) is 29.2 Å². The van der Waals surface area contributed by atoms with E-state index in [1.165, 1.54) is 5.39 Å². The van der Waals surface area contributed by atoms with Crippen LogP contribution in [-0.2, 0) is 0 Å². The van der Waals surface area contributed by atoms with Crippen LogP contribution in [0.25, 0.3) is 33.3 Å². The van der Waals surface area contributed by atoms with Crippen LogP contribution in [0.5, 0.6) is 0 Å². The third kappa shape index (κ3) is 2.63. The average molecular weight is 338 g/mol. The van der Waals surface area contributed by atoms with E-state index in [-0.39, 0.29) is 0 Å². The zero-order chi connectivity index (χ0) is 15.8. The smallest absolute Gasteiger partial charge is 0.0545 e. The van der Waals surface area contributed by atoms with Crippen LogP contribution in [0.15, 0.2) is 72.8 Å². The summed E-state index contributed by atoms with van der Waals surface area (Å²) in [5.41, 5.74) is 5.44. The van der Waals surface area contributed by atoms with Gasteiger partial charge >= 0.3 is 0 Å². The van der Waals surface area contributed by atoms with Crippen LogP contribution in [-0.4, -0.2) is 4.98 Å². The standard InChI is InChI=1S/C20H13Cl2N/c21-15-7-3-5-13(11-15)19-17-9-1-2-10-18(17)23-20(19)14-6-4-8-16(22)12-14/h1-12,23H. The van der Waals surface area contributed by atoms with Gasteiger partial charge in [-0.25, -0.2) is 0 Å². The van der Waals surface area contributed by atoms with Gasteiger partial charge in [-0.2, -0.15) is 0 Å². The lowest BCUT2D eigenvalue weighted by atomic mass is 9.98. The van der Waals surface area contributed by atoms with Gasteiger partial charge in [0.2, 0.25) is 0 Å². The molecule has 0 aliphatic rings. The van der Waals surface area contributed by atoms with Gasteiger partial charge in [0.15, 0.2) is 0 Å². The van der Waals surface area contributed by atoms with Crippen molar-refractivity contribution in [2.45, 2.75) is 0 Å². The fourth-order valence-corrected chi connectivity index (χ4v) is 3.33. The van der Waals surface area contributed by atoms with Gasteiger partial charge in [0.25, 0.3) is 0 Å². The maximum atomic E-state index is 6.21. The molecule has 4 aromatic rings. The molecular formula is C20H13Cl2N. The highest BCUT2D eigenvalue weighted by Gasteiger charge is 2.15. The van der Waals surface area contributed by atoms with Gasteiger partial charge in [0, 0.05) is 32.1 Å². The van der Waals surface area contributed by atoms with E-state index in [0.29, 0.717) is 0 Å². The van der Waals surface area contributed by atoms with Crippen molar-refractivity contribution in [3.63, 3.8) is 0 Å². The molecule has 112 valence electrons. The molecule has 0 fully saturated rings. The minimum atomic E-state index is 0.721. The largest absolute Gasteiger partial charge is 0.354 e. The fourth-order valence-electron chi connectivity index (χ4n) is 2.95. The predicted molar refractivity (Wildman–Crippen MR) is 99.2 cm³/mol. The Morgan fingerprint density at radius 1 is 0.652 bits per heavy atom. The van der Waals surface area contributed by atoms with Gasteiger partial charge in [0.1, 0.15) is 0 Å². The number of aromatic amines is 1. The zero-order valence-corrected chi connectivity index (χ0v) is 13.7. The van der Waals surface area contributed by atoms with Crippen molar-refractivity contribution in [1.82, 2.24) is 4.98 Å². The van der Waals surface area contributed by atoms with Crippen LogP contribution in [0.4, 0.5) is 0 Å². The Bertz CT molecular complexity index is 1000. The molecule has 1 nitrogen and oxygen atoms in total. The monoisotopic (exact) mass is 337 g/mol. The summed E-state index contributed by atoms with van der Waals surface area (Å²) in [5, 5.41) is 2.62. The molecule has 3 aromatic carbocycles. The summed E-state index contributed by atoms with van der Waals surface area (Å²) in [4.78, 5) is 3.52. The van der Waals surface area contributed by atoms with Gasteiger partial charge in [-0.05, 0) is 35.9 Å². The lowest BCUT2D eigenvalue weighted by Gasteiger charge is -2.07. The molecule has 0 bridgehead atoms. The lowest BCUT2D eigenvalue weighted by Crippen LogP contribution is -1.83. The highest BCUT2D eigenvalue weighted by atomic mass is 35.5. The second-order valence-electron chi connectivity index (χ2n) is 5.44. The van der Waals surface area contributed by atoms with Crippen LogP contribution < -0.4 is 0 Å². The first-order valence-electron chi connectivity index (χ1n) is 7.35. The Hall–Kier alpha value is -2.22. The molecule has 0 unspecified atom stereocenters. The third-order valence-corrected chi connectivity index (χ3v) is 4.40. The molecule has 0 aliphatic heterocycles. The lowest BCUT2D eigenvalue weighted by molar-refractivity contribution is 1.45. The van der Waals surface area contributed by atoms with E-state index in [1.54, 1.807) is 0 Å². The Morgan fingerprint density at radius 2 is 1.30 bits per heavy atom. The number of rotatable bonds is 2. The predicted octanol–water partition coefficient (Wildman–Crippen LogP) is 6.81. The Kier molecular flexibility index (Phi) is 3.60. The van der Waals surface area contributed by atoms with E-state index >= 15 is 0 Å². The normalized spacial score (nSPS) is 11.0. The molecule has 0 radical (unpaired) electrons. The van der Waals surface area contributed by atoms with Gasteiger partial charge in [-0.1, -0.05) is 65.7 Å². The molecule has 23 heavy (non-hydrogen) atoms. The van der Waals surface area contributed by atoms with Crippen molar-refractivity contribution < 1.29 is 0 Å². The second-order valence-corrected chi connectivity index (χ2v) is 6.31. The fraction of sp³-hybridized carbons (Fsp3) is 0. The van der Waals surface area contributed by atoms with Crippen molar-refractivity contribution in [1.29, 1.82) is 0 Å². The van der Waals surface area contributed by atoms with Crippen LogP contribution >= 0.6 is 23.2 Å². The highest BCUT2D eigenvalue weighted by molar-refractivity contribution is 6.31.